The van der Waals surface area contributed by atoms with Gasteiger partial charge in [-0.15, -0.1) is 0 Å². The first-order valence-electron chi connectivity index (χ1n) is 6.96. The van der Waals surface area contributed by atoms with Crippen LogP contribution in [0, 0.1) is 0 Å². The molecule has 1 aliphatic rings. The molecule has 0 saturated carbocycles. The van der Waals surface area contributed by atoms with Crippen LogP contribution in [0.2, 0.25) is 0 Å². The maximum atomic E-state index is 12.8. The first kappa shape index (κ1) is 15.6. The van der Waals surface area contributed by atoms with Crippen molar-refractivity contribution in [2.24, 2.45) is 0 Å². The first-order chi connectivity index (χ1) is 10.8. The van der Waals surface area contributed by atoms with E-state index in [2.05, 4.69) is 0 Å². The van der Waals surface area contributed by atoms with E-state index >= 15 is 0 Å². The minimum atomic E-state index is -3.89. The molecule has 5 nitrogen and oxygen atoms in total. The van der Waals surface area contributed by atoms with Gasteiger partial charge in [0.2, 0.25) is 15.6 Å². The largest absolute Gasteiger partial charge is 0.497 e. The molecule has 3 rings (SSSR count). The predicted octanol–water partition coefficient (Wildman–Crippen LogP) is 2.61. The number of hydrogen-bond acceptors (Lipinski definition) is 5. The van der Waals surface area contributed by atoms with Gasteiger partial charge in [-0.2, -0.15) is 0 Å². The van der Waals surface area contributed by atoms with Crippen LogP contribution in [-0.4, -0.2) is 26.4 Å². The van der Waals surface area contributed by atoms with E-state index in [0.717, 1.165) is 0 Å². The van der Waals surface area contributed by atoms with E-state index in [0.29, 0.717) is 17.1 Å². The van der Waals surface area contributed by atoms with E-state index in [9.17, 15) is 13.5 Å². The number of fused-ring (bicyclic) bond motifs is 1. The summed E-state index contributed by atoms with van der Waals surface area (Å²) in [5.41, 5.74) is 0.533. The Morgan fingerprint density at radius 3 is 2.48 bits per heavy atom. The molecule has 0 fully saturated rings. The lowest BCUT2D eigenvalue weighted by Gasteiger charge is -2.31. The summed E-state index contributed by atoms with van der Waals surface area (Å²) in [5, 5.41) is 10.5. The molecule has 23 heavy (non-hydrogen) atoms. The third kappa shape index (κ3) is 2.71. The van der Waals surface area contributed by atoms with Crippen molar-refractivity contribution < 1.29 is 23.0 Å². The van der Waals surface area contributed by atoms with E-state index < -0.39 is 15.6 Å². The van der Waals surface area contributed by atoms with Gasteiger partial charge in [0.05, 0.1) is 12.0 Å². The van der Waals surface area contributed by atoms with Crippen LogP contribution in [-0.2, 0) is 9.84 Å². The van der Waals surface area contributed by atoms with Crippen molar-refractivity contribution in [1.29, 1.82) is 0 Å². The zero-order valence-electron chi connectivity index (χ0n) is 12.7. The second kappa shape index (κ2) is 5.40. The quantitative estimate of drug-likeness (QED) is 0.935. The Labute approximate surface area is 134 Å². The minimum Gasteiger partial charge on any atom is -0.497 e. The van der Waals surface area contributed by atoms with E-state index in [1.54, 1.807) is 36.4 Å². The molecule has 1 aliphatic heterocycles. The van der Waals surface area contributed by atoms with Crippen LogP contribution in [0.1, 0.15) is 12.5 Å². The lowest BCUT2D eigenvalue weighted by Crippen LogP contribution is -2.39. The van der Waals surface area contributed by atoms with Crippen LogP contribution < -0.4 is 9.47 Å². The first-order valence-corrected chi connectivity index (χ1v) is 8.45. The molecule has 0 saturated heterocycles. The Hall–Kier alpha value is -2.31. The molecule has 1 heterocycles. The van der Waals surface area contributed by atoms with Gasteiger partial charge in [-0.25, -0.2) is 8.42 Å². The zero-order chi connectivity index (χ0) is 16.7. The summed E-state index contributed by atoms with van der Waals surface area (Å²) in [6.07, 6.45) is 1.42. The summed E-state index contributed by atoms with van der Waals surface area (Å²) in [5.74, 6) is -0.986. The minimum absolute atomic E-state index is 0.0986. The Balaban J connectivity index is 2.18. The normalized spacial score (nSPS) is 20.2. The highest BCUT2D eigenvalue weighted by Crippen LogP contribution is 2.40. The average molecular weight is 332 g/mol. The summed E-state index contributed by atoms with van der Waals surface area (Å²) >= 11 is 0. The summed E-state index contributed by atoms with van der Waals surface area (Å²) in [6, 6.07) is 12.9. The van der Waals surface area contributed by atoms with Crippen LogP contribution >= 0.6 is 0 Å². The van der Waals surface area contributed by atoms with Crippen LogP contribution in [0.25, 0.3) is 6.08 Å². The van der Waals surface area contributed by atoms with Gasteiger partial charge in [0.25, 0.3) is 0 Å². The number of sulfone groups is 1. The lowest BCUT2D eigenvalue weighted by molar-refractivity contribution is -0.0830. The van der Waals surface area contributed by atoms with Gasteiger partial charge in [0.1, 0.15) is 16.4 Å². The SMILES string of the molecule is COc1ccc2c(c1)C=C(S(=O)(=O)c1ccccc1)C(C)(O)O2. The van der Waals surface area contributed by atoms with Crippen molar-refractivity contribution in [1.82, 2.24) is 0 Å². The Morgan fingerprint density at radius 2 is 1.83 bits per heavy atom. The van der Waals surface area contributed by atoms with Gasteiger partial charge in [-0.1, -0.05) is 18.2 Å². The fourth-order valence-corrected chi connectivity index (χ4v) is 4.04. The molecule has 0 aliphatic carbocycles. The third-order valence-corrected chi connectivity index (χ3v) is 5.58. The maximum absolute atomic E-state index is 12.8. The maximum Gasteiger partial charge on any atom is 0.243 e. The predicted molar refractivity (Wildman–Crippen MR) is 85.9 cm³/mol. The van der Waals surface area contributed by atoms with E-state index in [1.165, 1.54) is 32.2 Å². The van der Waals surface area contributed by atoms with E-state index in [4.69, 9.17) is 9.47 Å². The smallest absolute Gasteiger partial charge is 0.243 e. The van der Waals surface area contributed by atoms with Crippen LogP contribution in [0.3, 0.4) is 0 Å². The van der Waals surface area contributed by atoms with Crippen LogP contribution in [0.4, 0.5) is 0 Å². The van der Waals surface area contributed by atoms with Gasteiger partial charge < -0.3 is 14.6 Å². The van der Waals surface area contributed by atoms with Gasteiger partial charge >= 0.3 is 0 Å². The van der Waals surface area contributed by atoms with E-state index in [-0.39, 0.29) is 9.80 Å². The summed E-state index contributed by atoms with van der Waals surface area (Å²) in [7, 11) is -2.37. The number of aliphatic hydroxyl groups is 1. The topological polar surface area (TPSA) is 72.8 Å². The van der Waals surface area contributed by atoms with Crippen LogP contribution in [0.5, 0.6) is 11.5 Å². The Kier molecular flexibility index (Phi) is 3.66. The van der Waals surface area contributed by atoms with Crippen molar-refractivity contribution in [2.75, 3.05) is 7.11 Å². The van der Waals surface area contributed by atoms with Crippen molar-refractivity contribution in [3.8, 4) is 11.5 Å². The highest BCUT2D eigenvalue weighted by molar-refractivity contribution is 7.95. The summed E-state index contributed by atoms with van der Waals surface area (Å²) in [6.45, 7) is 1.31. The van der Waals surface area contributed by atoms with Crippen molar-refractivity contribution in [3.63, 3.8) is 0 Å². The molecule has 0 aromatic heterocycles. The van der Waals surface area contributed by atoms with Crippen molar-refractivity contribution in [2.45, 2.75) is 17.6 Å². The number of rotatable bonds is 3. The molecule has 2 aromatic carbocycles. The molecule has 1 atom stereocenters. The standard InChI is InChI=1S/C17H16O5S/c1-17(18)16(23(19,20)14-6-4-3-5-7-14)11-12-10-13(21-2)8-9-15(12)22-17/h3-11,18H,1-2H3. The van der Waals surface area contributed by atoms with Crippen molar-refractivity contribution >= 4 is 15.9 Å². The van der Waals surface area contributed by atoms with Crippen molar-refractivity contribution in [3.05, 3.63) is 59.0 Å². The summed E-state index contributed by atoms with van der Waals surface area (Å²) in [4.78, 5) is -0.113. The fraction of sp³-hybridized carbons (Fsp3) is 0.176. The highest BCUT2D eigenvalue weighted by atomic mass is 32.2. The number of hydrogen-bond donors (Lipinski definition) is 1. The van der Waals surface area contributed by atoms with Gasteiger partial charge in [-0.3, -0.25) is 0 Å². The van der Waals surface area contributed by atoms with Gasteiger partial charge in [0.15, 0.2) is 0 Å². The molecule has 0 radical (unpaired) electrons. The lowest BCUT2D eigenvalue weighted by atomic mass is 10.1. The molecule has 6 heteroatoms. The Morgan fingerprint density at radius 1 is 1.13 bits per heavy atom. The number of benzene rings is 2. The van der Waals surface area contributed by atoms with Gasteiger partial charge in [0, 0.05) is 12.5 Å². The molecule has 1 N–H and O–H groups in total. The van der Waals surface area contributed by atoms with Crippen LogP contribution in [0.15, 0.2) is 58.3 Å². The number of methoxy groups -OCH3 is 1. The Bertz CT molecular complexity index is 867. The molecule has 2 aromatic rings. The fourth-order valence-electron chi connectivity index (χ4n) is 2.45. The average Bonchev–Trinajstić information content (AvgIpc) is 2.53. The number of ether oxygens (including phenoxy) is 2. The summed E-state index contributed by atoms with van der Waals surface area (Å²) < 4.78 is 36.3. The molecule has 0 bridgehead atoms. The molecular formula is C17H16O5S. The second-order valence-corrected chi connectivity index (χ2v) is 7.23. The van der Waals surface area contributed by atoms with Gasteiger partial charge in [-0.05, 0) is 36.4 Å². The monoisotopic (exact) mass is 332 g/mol. The van der Waals surface area contributed by atoms with E-state index in [1.807, 2.05) is 0 Å². The molecular weight excluding hydrogens is 316 g/mol. The molecule has 120 valence electrons. The molecule has 0 amide bonds. The molecule has 1 unspecified atom stereocenters. The zero-order valence-corrected chi connectivity index (χ0v) is 13.5. The highest BCUT2D eigenvalue weighted by Gasteiger charge is 2.41. The second-order valence-electron chi connectivity index (χ2n) is 5.31. The molecule has 0 spiro atoms. The third-order valence-electron chi connectivity index (χ3n) is 3.61.